The summed E-state index contributed by atoms with van der Waals surface area (Å²) < 4.78 is 11.7. The molecule has 24 heteroatoms. The summed E-state index contributed by atoms with van der Waals surface area (Å²) in [4.78, 5) is 71.8. The van der Waals surface area contributed by atoms with Crippen molar-refractivity contribution in [1.29, 1.82) is 0 Å². The topological polar surface area (TPSA) is 251 Å². The summed E-state index contributed by atoms with van der Waals surface area (Å²) in [7, 11) is 0. The Bertz CT molecular complexity index is 4800. The van der Waals surface area contributed by atoms with Crippen LogP contribution >= 0.6 is 0 Å². The maximum Gasteiger partial charge on any atom is 0.345 e. The molecule has 0 spiro atoms. The van der Waals surface area contributed by atoms with Gasteiger partial charge in [0.15, 0.2) is 0 Å². The summed E-state index contributed by atoms with van der Waals surface area (Å²) in [5, 5.41) is 46.0. The van der Waals surface area contributed by atoms with Crippen molar-refractivity contribution in [1.82, 2.24) is 47.0 Å². The van der Waals surface area contributed by atoms with E-state index in [0.29, 0.717) is 24.7 Å². The van der Waals surface area contributed by atoms with Gasteiger partial charge in [0.2, 0.25) is 29.0 Å². The van der Waals surface area contributed by atoms with Crippen LogP contribution in [0.4, 0.5) is 0 Å². The van der Waals surface area contributed by atoms with E-state index in [4.69, 9.17) is 0 Å². The van der Waals surface area contributed by atoms with Gasteiger partial charge in [-0.1, -0.05) is 262 Å². The van der Waals surface area contributed by atoms with Crippen molar-refractivity contribution in [2.75, 3.05) is 190 Å². The number of ketones is 4. The molecular formula is C104H135BN15O8+3. The molecule has 6 saturated heterocycles. The van der Waals surface area contributed by atoms with E-state index < -0.39 is 29.7 Å². The summed E-state index contributed by atoms with van der Waals surface area (Å²) in [5.74, 6) is 0.625. The number of piperazine rings is 6. The second-order valence-electron chi connectivity index (χ2n) is 35.0. The SMILES string of the molecule is C.C1CCC2=[N+](CC1)CCCN2.C1CNC2=[N+](C1)CCCN2.C1CNC2=[N+](C1)CCCN2.C1CNC2=[N+](C1)CCCN2.Cc1ccc(C(=O)C(=O)[O-])cc1.O=C(C[N+]12CCN(CC1)CC2)c1cccc2ccccc12.O=C(C[N+]12CCN(CC1)CC2)c1ccccc1.O=C([O-])C(=O)c1ccccc1.c1ccc([B-](c2ccccc2)(c2ccccc2)c2ccccc2)cc1. The quantitative estimate of drug-likeness (QED) is 0.0236. The van der Waals surface area contributed by atoms with Gasteiger partial charge < -0.3 is 28.8 Å². The summed E-state index contributed by atoms with van der Waals surface area (Å²) in [6, 6.07) is 81.5. The van der Waals surface area contributed by atoms with Crippen LogP contribution in [0.1, 0.15) is 125 Å². The number of nitrogens with zero attached hydrogens (tertiary/aromatic N) is 8. The van der Waals surface area contributed by atoms with Gasteiger partial charge in [-0.05, 0) is 37.0 Å². The number of hydrogen-bond acceptors (Lipinski definition) is 17. The van der Waals surface area contributed by atoms with Gasteiger partial charge in [-0.15, -0.1) is 0 Å². The first-order chi connectivity index (χ1) is 62.1. The molecule has 14 aliphatic rings. The van der Waals surface area contributed by atoms with Crippen LogP contribution in [0.3, 0.4) is 0 Å². The molecule has 0 amide bonds. The number of amidine groups is 1. The summed E-state index contributed by atoms with van der Waals surface area (Å²) in [5.41, 5.74) is 8.40. The van der Waals surface area contributed by atoms with Gasteiger partial charge in [0.25, 0.3) is 0 Å². The fourth-order valence-corrected chi connectivity index (χ4v) is 19.2. The number of nitrogens with one attached hydrogen (secondary N) is 7. The van der Waals surface area contributed by atoms with Crippen molar-refractivity contribution >= 4 is 97.6 Å². The highest BCUT2D eigenvalue weighted by atomic mass is 16.4. The molecule has 0 radical (unpaired) electrons. The molecule has 14 heterocycles. The first-order valence-corrected chi connectivity index (χ1v) is 46.5. The van der Waals surface area contributed by atoms with E-state index in [-0.39, 0.29) is 18.6 Å². The van der Waals surface area contributed by atoms with Crippen LogP contribution in [0.25, 0.3) is 10.8 Å². The van der Waals surface area contributed by atoms with Gasteiger partial charge in [0, 0.05) is 113 Å². The van der Waals surface area contributed by atoms with E-state index >= 15 is 0 Å². The molecule has 0 atom stereocenters. The lowest BCUT2D eigenvalue weighted by molar-refractivity contribution is -0.933. The third-order valence-corrected chi connectivity index (χ3v) is 26.4. The van der Waals surface area contributed by atoms with Gasteiger partial charge in [-0.2, -0.15) is 21.9 Å². The Morgan fingerprint density at radius 1 is 0.328 bits per heavy atom. The summed E-state index contributed by atoms with van der Waals surface area (Å²) in [6.45, 7) is 35.1. The molecule has 9 aromatic rings. The number of carboxylic acid groups (broad SMARTS) is 2. The largest absolute Gasteiger partial charge is 0.541 e. The van der Waals surface area contributed by atoms with Crippen molar-refractivity contribution in [2.45, 2.75) is 85.0 Å². The van der Waals surface area contributed by atoms with Crippen LogP contribution in [-0.2, 0) is 9.59 Å². The maximum atomic E-state index is 12.9. The minimum Gasteiger partial charge on any atom is -0.541 e. The first-order valence-electron chi connectivity index (χ1n) is 46.5. The van der Waals surface area contributed by atoms with Crippen molar-refractivity contribution in [3.05, 3.63) is 277 Å². The number of guanidine groups is 3. The predicted molar refractivity (Wildman–Crippen MR) is 511 cm³/mol. The molecule has 9 aromatic carbocycles. The highest BCUT2D eigenvalue weighted by Crippen LogP contribution is 2.25. The van der Waals surface area contributed by atoms with Crippen LogP contribution < -0.4 is 69.3 Å². The minimum atomic E-state index is -1.67. The first kappa shape index (κ1) is 95.2. The highest BCUT2D eigenvalue weighted by molar-refractivity contribution is 7.19. The monoisotopic (exact) mass is 1730 g/mol. The standard InChI is InChI=1S/C24H20B.C18H21N2O.C14H19N2O.C9H16N2.C9H8O3.C8H6O3.3C7H13N3.CH4/c1-5-13-21(14-6-1)25(22-15-7-2-8-16-22,23-17-9-3-10-18-23)24-19-11-4-12-20-24;21-18(14-20-11-8-19(9-12-20)10-13-20)17-7-3-5-15-4-1-2-6-16(15)17;17-14(13-4-2-1-3-5-13)12-16-9-6-15(7-10-16)8-11-16;1-2-5-9-10-6-4-8-11(9)7-3-1;1-6-2-4-7(5-3-6)8(10)9(11)12;9-7(8(10)11)6-4-2-1-3-5-6;3*1-3-8-7-9-4-2-6-10(7)5-1;/h1-20H;1-7H,8-14H2;1-5H,6-12H2;1-8H2;2-5H,1H3,(H,11,12);1-5H,(H,10,11);3*1-6H2,(H,8,9);1H4/q-1;2*+1;;;;;;;/p+2. The molecule has 0 aromatic heterocycles. The Hall–Kier alpha value is -12.0. The number of Topliss-reactive ketones (excluding diaryl/α,β-unsaturated/α-hetero) is 4. The van der Waals surface area contributed by atoms with Crippen LogP contribution in [0.15, 0.2) is 249 Å². The average molecular weight is 1730 g/mol. The van der Waals surface area contributed by atoms with Crippen molar-refractivity contribution < 1.29 is 66.2 Å². The molecule has 0 saturated carbocycles. The number of aryl methyl sites for hydroxylation is 1. The molecule has 23 nitrogen and oxygen atoms in total. The van der Waals surface area contributed by atoms with Crippen molar-refractivity contribution in [3.63, 3.8) is 0 Å². The van der Waals surface area contributed by atoms with Crippen LogP contribution in [-0.4, -0.2) is 292 Å². The number of rotatable bonds is 14. The van der Waals surface area contributed by atoms with E-state index in [1.165, 1.54) is 219 Å². The Morgan fingerprint density at radius 3 is 1.02 bits per heavy atom. The average Bonchev–Trinajstić information content (AvgIpc) is 0.758. The molecule has 6 fully saturated rings. The Labute approximate surface area is 757 Å². The lowest BCUT2D eigenvalue weighted by atomic mass is 9.13. The van der Waals surface area contributed by atoms with Gasteiger partial charge in [0.05, 0.1) is 137 Å². The van der Waals surface area contributed by atoms with Crippen LogP contribution in [0.5, 0.6) is 0 Å². The Balaban J connectivity index is 0.000000133. The molecule has 674 valence electrons. The van der Waals surface area contributed by atoms with Crippen LogP contribution in [0, 0.1) is 6.92 Å². The molecule has 128 heavy (non-hydrogen) atoms. The van der Waals surface area contributed by atoms with Gasteiger partial charge in [-0.3, -0.25) is 84.5 Å². The summed E-state index contributed by atoms with van der Waals surface area (Å²) >= 11 is 0. The Morgan fingerprint density at radius 2 is 0.641 bits per heavy atom. The lowest BCUT2D eigenvalue weighted by Gasteiger charge is -2.50. The van der Waals surface area contributed by atoms with E-state index in [9.17, 15) is 39.0 Å². The normalized spacial score (nSPS) is 20.6. The molecule has 0 unspecified atom stereocenters. The number of hydrogen-bond donors (Lipinski definition) is 7. The number of carbonyl (C=O) groups excluding carboxylic acids is 6. The van der Waals surface area contributed by atoms with Gasteiger partial charge >= 0.3 is 17.9 Å². The lowest BCUT2D eigenvalue weighted by Crippen LogP contribution is -2.74. The number of carbonyl (C=O) groups is 6. The van der Waals surface area contributed by atoms with E-state index in [1.54, 1.807) is 30.3 Å². The Kier molecular flexibility index (Phi) is 36.3. The van der Waals surface area contributed by atoms with E-state index in [2.05, 4.69) is 205 Å². The number of carboxylic acids is 2. The zero-order valence-electron chi connectivity index (χ0n) is 74.4. The van der Waals surface area contributed by atoms with Gasteiger partial charge in [-0.25, -0.2) is 0 Å². The number of fused-ring (bicyclic) bond motifs is 7. The smallest absolute Gasteiger partial charge is 0.345 e. The third-order valence-electron chi connectivity index (χ3n) is 26.4. The van der Waals surface area contributed by atoms with E-state index in [0.717, 1.165) is 135 Å². The minimum absolute atomic E-state index is 0. The number of benzene rings is 9. The zero-order chi connectivity index (χ0) is 88.3. The zero-order valence-corrected chi connectivity index (χ0v) is 74.4. The second kappa shape index (κ2) is 48.8. The third kappa shape index (κ3) is 26.6. The second-order valence-corrected chi connectivity index (χ2v) is 35.0. The molecule has 14 aliphatic heterocycles. The molecule has 4 bridgehead atoms. The van der Waals surface area contributed by atoms with E-state index in [1.807, 2.05) is 61.5 Å². The highest BCUT2D eigenvalue weighted by Gasteiger charge is 2.42. The fraction of sp³-hybridized carbons (Fsp3) is 0.404. The van der Waals surface area contributed by atoms with Crippen molar-refractivity contribution in [3.8, 4) is 0 Å². The molecular weight excluding hydrogens is 1600 g/mol. The molecule has 0 aliphatic carbocycles. The van der Waals surface area contributed by atoms with Crippen molar-refractivity contribution in [2.24, 2.45) is 0 Å². The molecule has 7 N–H and O–H groups in total. The molecule has 23 rings (SSSR count). The maximum absolute atomic E-state index is 12.9. The number of aliphatic carboxylic acids is 2. The van der Waals surface area contributed by atoms with Gasteiger partial charge in [0.1, 0.15) is 31.2 Å². The van der Waals surface area contributed by atoms with Crippen LogP contribution in [0.2, 0.25) is 0 Å². The fourth-order valence-electron chi connectivity index (χ4n) is 19.2. The summed E-state index contributed by atoms with van der Waals surface area (Å²) in [6.07, 6.45) is 13.3. The number of quaternary nitrogens is 2. The predicted octanol–water partition coefficient (Wildman–Crippen LogP) is 5.42.